The summed E-state index contributed by atoms with van der Waals surface area (Å²) in [6.07, 6.45) is 5.01. The predicted octanol–water partition coefficient (Wildman–Crippen LogP) is 3.50. The normalized spacial score (nSPS) is 10.9. The minimum Gasteiger partial charge on any atom is -0.375 e. The van der Waals surface area contributed by atoms with Gasteiger partial charge in [-0.05, 0) is 47.9 Å². The fourth-order valence-corrected chi connectivity index (χ4v) is 2.33. The molecule has 0 saturated heterocycles. The average Bonchev–Trinajstić information content (AvgIpc) is 2.72. The van der Waals surface area contributed by atoms with E-state index in [1.54, 1.807) is 19.3 Å². The van der Waals surface area contributed by atoms with Crippen LogP contribution in [0.25, 0.3) is 11.8 Å². The Morgan fingerprint density at radius 2 is 1.93 bits per heavy atom. The van der Waals surface area contributed by atoms with Gasteiger partial charge in [-0.3, -0.25) is 10.2 Å². The lowest BCUT2D eigenvalue weighted by molar-refractivity contribution is -0.115. The van der Waals surface area contributed by atoms with Crippen molar-refractivity contribution in [3.05, 3.63) is 77.9 Å². The highest BCUT2D eigenvalue weighted by molar-refractivity contribution is 5.91. The number of carbonyl (C=O) groups excluding carboxylic acids is 1. The highest BCUT2D eigenvalue weighted by Crippen LogP contribution is 2.14. The molecule has 2 aromatic rings. The molecule has 140 valence electrons. The standard InChI is InChI=1S/C22H26N4O/c1-5-26(4)21-12-9-19(10-13-21)16-24-25-17(2)20-8-6-7-18(15-20)11-14-22(27)23-3/h6-16,25H,2,5H2,1,3-4H3,(H,23,27)/b14-11+,24-16+. The van der Waals surface area contributed by atoms with E-state index in [0.717, 1.165) is 23.2 Å². The van der Waals surface area contributed by atoms with Crippen LogP contribution >= 0.6 is 0 Å². The molecule has 0 saturated carbocycles. The molecular weight excluding hydrogens is 336 g/mol. The van der Waals surface area contributed by atoms with Gasteiger partial charge in [0.2, 0.25) is 5.91 Å². The molecule has 0 spiro atoms. The van der Waals surface area contributed by atoms with Gasteiger partial charge in [0.1, 0.15) is 0 Å². The van der Waals surface area contributed by atoms with E-state index in [0.29, 0.717) is 5.70 Å². The first-order valence-corrected chi connectivity index (χ1v) is 8.83. The van der Waals surface area contributed by atoms with Crippen LogP contribution in [0.3, 0.4) is 0 Å². The van der Waals surface area contributed by atoms with E-state index in [9.17, 15) is 4.79 Å². The maximum absolute atomic E-state index is 11.3. The summed E-state index contributed by atoms with van der Waals surface area (Å²) in [4.78, 5) is 13.5. The highest BCUT2D eigenvalue weighted by atomic mass is 16.1. The molecule has 5 heteroatoms. The summed E-state index contributed by atoms with van der Waals surface area (Å²) in [7, 11) is 3.66. The summed E-state index contributed by atoms with van der Waals surface area (Å²) in [5.41, 5.74) is 7.65. The second kappa shape index (κ2) is 9.97. The molecule has 0 aromatic heterocycles. The fourth-order valence-electron chi connectivity index (χ4n) is 2.33. The monoisotopic (exact) mass is 362 g/mol. The van der Waals surface area contributed by atoms with Crippen molar-refractivity contribution in [1.29, 1.82) is 0 Å². The molecule has 2 N–H and O–H groups in total. The van der Waals surface area contributed by atoms with E-state index in [2.05, 4.69) is 53.4 Å². The van der Waals surface area contributed by atoms with Gasteiger partial charge in [-0.25, -0.2) is 0 Å². The number of nitrogens with zero attached hydrogens (tertiary/aromatic N) is 2. The van der Waals surface area contributed by atoms with Crippen molar-refractivity contribution in [3.63, 3.8) is 0 Å². The second-order valence-electron chi connectivity index (χ2n) is 6.03. The Bertz CT molecular complexity index is 838. The number of hydrogen-bond donors (Lipinski definition) is 2. The number of anilines is 1. The smallest absolute Gasteiger partial charge is 0.243 e. The fraction of sp³-hybridized carbons (Fsp3) is 0.182. The van der Waals surface area contributed by atoms with Crippen LogP contribution in [0.4, 0.5) is 5.69 Å². The molecule has 0 aliphatic carbocycles. The third-order valence-corrected chi connectivity index (χ3v) is 4.13. The number of hydrazone groups is 1. The lowest BCUT2D eigenvalue weighted by Crippen LogP contribution is -2.15. The Kier molecular flexibility index (Phi) is 7.37. The Hall–Kier alpha value is -3.34. The van der Waals surface area contributed by atoms with Gasteiger partial charge < -0.3 is 10.2 Å². The molecule has 0 atom stereocenters. The maximum Gasteiger partial charge on any atom is 0.243 e. The molecule has 0 heterocycles. The summed E-state index contributed by atoms with van der Waals surface area (Å²) < 4.78 is 0. The summed E-state index contributed by atoms with van der Waals surface area (Å²) in [6.45, 7) is 7.11. The Morgan fingerprint density at radius 3 is 2.59 bits per heavy atom. The molecule has 0 unspecified atom stereocenters. The summed E-state index contributed by atoms with van der Waals surface area (Å²) in [5.74, 6) is -0.141. The van der Waals surface area contributed by atoms with Crippen LogP contribution in [0, 0.1) is 0 Å². The minimum absolute atomic E-state index is 0.141. The zero-order valence-corrected chi connectivity index (χ0v) is 16.1. The van der Waals surface area contributed by atoms with Gasteiger partial charge in [-0.15, -0.1) is 0 Å². The van der Waals surface area contributed by atoms with Gasteiger partial charge in [0.15, 0.2) is 0 Å². The van der Waals surface area contributed by atoms with Crippen molar-refractivity contribution in [1.82, 2.24) is 10.7 Å². The van der Waals surface area contributed by atoms with E-state index < -0.39 is 0 Å². The first-order valence-electron chi connectivity index (χ1n) is 8.83. The molecule has 1 amide bonds. The van der Waals surface area contributed by atoms with Crippen molar-refractivity contribution in [2.45, 2.75) is 6.92 Å². The van der Waals surface area contributed by atoms with Gasteiger partial charge in [-0.2, -0.15) is 5.10 Å². The molecule has 5 nitrogen and oxygen atoms in total. The van der Waals surface area contributed by atoms with Crippen LogP contribution in [0.2, 0.25) is 0 Å². The van der Waals surface area contributed by atoms with Crippen LogP contribution in [0.1, 0.15) is 23.6 Å². The predicted molar refractivity (Wildman–Crippen MR) is 115 cm³/mol. The number of nitrogens with one attached hydrogen (secondary N) is 2. The minimum atomic E-state index is -0.141. The molecule has 0 aliphatic rings. The molecule has 2 rings (SSSR count). The molecular formula is C22H26N4O. The highest BCUT2D eigenvalue weighted by Gasteiger charge is 1.99. The number of rotatable bonds is 8. The first-order chi connectivity index (χ1) is 13.0. The number of carbonyl (C=O) groups is 1. The molecule has 27 heavy (non-hydrogen) atoms. The van der Waals surface area contributed by atoms with Crippen LogP contribution < -0.4 is 15.6 Å². The maximum atomic E-state index is 11.3. The van der Waals surface area contributed by atoms with Crippen molar-refractivity contribution >= 4 is 29.6 Å². The van der Waals surface area contributed by atoms with Gasteiger partial charge in [0, 0.05) is 32.4 Å². The Morgan fingerprint density at radius 1 is 1.19 bits per heavy atom. The molecule has 0 aliphatic heterocycles. The van der Waals surface area contributed by atoms with Crippen LogP contribution in [0.15, 0.2) is 66.3 Å². The number of hydrogen-bond acceptors (Lipinski definition) is 4. The van der Waals surface area contributed by atoms with Crippen LogP contribution in [-0.2, 0) is 4.79 Å². The Labute approximate surface area is 161 Å². The Balaban J connectivity index is 1.98. The molecule has 0 fully saturated rings. The quantitative estimate of drug-likeness (QED) is 0.429. The third kappa shape index (κ3) is 6.15. The van der Waals surface area contributed by atoms with Crippen molar-refractivity contribution < 1.29 is 4.79 Å². The topological polar surface area (TPSA) is 56.7 Å². The van der Waals surface area contributed by atoms with Gasteiger partial charge in [0.05, 0.1) is 11.9 Å². The summed E-state index contributed by atoms with van der Waals surface area (Å²) in [6, 6.07) is 15.9. The van der Waals surface area contributed by atoms with Crippen molar-refractivity contribution in [3.8, 4) is 0 Å². The van der Waals surface area contributed by atoms with E-state index in [4.69, 9.17) is 0 Å². The summed E-state index contributed by atoms with van der Waals surface area (Å²) in [5, 5.41) is 6.81. The van der Waals surface area contributed by atoms with Crippen molar-refractivity contribution in [2.24, 2.45) is 5.10 Å². The van der Waals surface area contributed by atoms with E-state index in [1.807, 2.05) is 36.4 Å². The van der Waals surface area contributed by atoms with Gasteiger partial charge in [-0.1, -0.05) is 36.9 Å². The van der Waals surface area contributed by atoms with E-state index >= 15 is 0 Å². The first kappa shape index (κ1) is 20.0. The number of likely N-dealkylation sites (N-methyl/N-ethyl adjacent to an activating group) is 1. The van der Waals surface area contributed by atoms with Crippen LogP contribution in [0.5, 0.6) is 0 Å². The summed E-state index contributed by atoms with van der Waals surface area (Å²) >= 11 is 0. The van der Waals surface area contributed by atoms with Crippen LogP contribution in [-0.4, -0.2) is 32.8 Å². The molecule has 0 bridgehead atoms. The zero-order valence-electron chi connectivity index (χ0n) is 16.1. The lowest BCUT2D eigenvalue weighted by atomic mass is 10.1. The number of benzene rings is 2. The van der Waals surface area contributed by atoms with Gasteiger partial charge >= 0.3 is 0 Å². The zero-order chi connectivity index (χ0) is 19.6. The SMILES string of the molecule is C=C(N/N=C/c1ccc(N(C)CC)cc1)c1cccc(/C=C/C(=O)NC)c1. The molecule has 0 radical (unpaired) electrons. The van der Waals surface area contributed by atoms with E-state index in [1.165, 1.54) is 11.8 Å². The average molecular weight is 362 g/mol. The van der Waals surface area contributed by atoms with Gasteiger partial charge in [0.25, 0.3) is 0 Å². The van der Waals surface area contributed by atoms with Crippen molar-refractivity contribution in [2.75, 3.05) is 25.5 Å². The third-order valence-electron chi connectivity index (χ3n) is 4.13. The number of amides is 1. The lowest BCUT2D eigenvalue weighted by Gasteiger charge is -2.16. The van der Waals surface area contributed by atoms with E-state index in [-0.39, 0.29) is 5.91 Å². The largest absolute Gasteiger partial charge is 0.375 e. The second-order valence-corrected chi connectivity index (χ2v) is 6.03. The molecule has 2 aromatic carbocycles.